The summed E-state index contributed by atoms with van der Waals surface area (Å²) < 4.78 is 6.47. The van der Waals surface area contributed by atoms with Crippen molar-refractivity contribution in [3.63, 3.8) is 0 Å². The third-order valence-electron chi connectivity index (χ3n) is 3.05. The van der Waals surface area contributed by atoms with Gasteiger partial charge in [-0.05, 0) is 19.1 Å². The number of thioether (sulfide) groups is 1. The molecule has 1 aromatic heterocycles. The number of benzene rings is 1. The van der Waals surface area contributed by atoms with Crippen LogP contribution in [-0.4, -0.2) is 44.8 Å². The van der Waals surface area contributed by atoms with Crippen LogP contribution in [0.4, 0.5) is 10.5 Å². The molecule has 1 heterocycles. The highest BCUT2D eigenvalue weighted by atomic mass is 32.2. The van der Waals surface area contributed by atoms with Crippen molar-refractivity contribution in [2.24, 2.45) is 12.1 Å². The molecule has 1 unspecified atom stereocenters. The largest absolute Gasteiger partial charge is 0.468 e. The molecular weight excluding hydrogens is 344 g/mol. The van der Waals surface area contributed by atoms with E-state index < -0.39 is 17.3 Å². The number of ether oxygens (including phenoxy) is 1. The van der Waals surface area contributed by atoms with Crippen molar-refractivity contribution >= 4 is 35.2 Å². The molecule has 0 spiro atoms. The maximum Gasteiger partial charge on any atom is 0.339 e. The van der Waals surface area contributed by atoms with Crippen LogP contribution in [0.3, 0.4) is 0 Å². The fourth-order valence-electron chi connectivity index (χ4n) is 1.77. The fourth-order valence-corrected chi connectivity index (χ4v) is 2.71. The van der Waals surface area contributed by atoms with E-state index in [-0.39, 0.29) is 0 Å². The second-order valence-electron chi connectivity index (χ2n) is 4.93. The first kappa shape index (κ1) is 18.5. The van der Waals surface area contributed by atoms with Crippen molar-refractivity contribution in [1.29, 1.82) is 0 Å². The first-order valence-electron chi connectivity index (χ1n) is 7.26. The van der Waals surface area contributed by atoms with E-state index in [1.807, 2.05) is 6.07 Å². The van der Waals surface area contributed by atoms with Crippen LogP contribution in [0.25, 0.3) is 0 Å². The van der Waals surface area contributed by atoms with Crippen LogP contribution in [0.2, 0.25) is 0 Å². The van der Waals surface area contributed by atoms with Crippen LogP contribution in [0, 0.1) is 0 Å². The molecule has 1 aromatic carbocycles. The lowest BCUT2D eigenvalue weighted by molar-refractivity contribution is -0.138. The number of aromatic nitrogens is 3. The molecule has 9 nitrogen and oxygen atoms in total. The Morgan fingerprint density at radius 1 is 1.32 bits per heavy atom. The predicted molar refractivity (Wildman–Crippen MR) is 94.4 cm³/mol. The van der Waals surface area contributed by atoms with Crippen LogP contribution in [0.5, 0.6) is 0 Å². The third kappa shape index (κ3) is 5.31. The number of aryl methyl sites for hydroxylation is 1. The number of hydrogen-bond acceptors (Lipinski definition) is 7. The van der Waals surface area contributed by atoms with Gasteiger partial charge in [-0.1, -0.05) is 30.0 Å². The molecule has 0 aliphatic carbocycles. The van der Waals surface area contributed by atoms with E-state index in [4.69, 9.17) is 4.74 Å². The Hall–Kier alpha value is -2.88. The number of rotatable bonds is 6. The van der Waals surface area contributed by atoms with Gasteiger partial charge in [0.1, 0.15) is 11.6 Å². The van der Waals surface area contributed by atoms with Gasteiger partial charge in [0, 0.05) is 12.7 Å². The van der Waals surface area contributed by atoms with Crippen LogP contribution in [-0.2, 0) is 16.6 Å². The zero-order valence-corrected chi connectivity index (χ0v) is 14.8. The molecule has 2 rings (SSSR count). The maximum atomic E-state index is 12.0. The number of nitrogens with zero attached hydrogens (tertiary/aromatic N) is 4. The van der Waals surface area contributed by atoms with E-state index in [0.717, 1.165) is 11.8 Å². The SMILES string of the molecule is COC(=O)C(Sc1nncn1C)/C(C)=N/NC(=O)Nc1ccccc1. The van der Waals surface area contributed by atoms with Gasteiger partial charge in [0.05, 0.1) is 12.8 Å². The molecule has 0 bridgehead atoms. The highest BCUT2D eigenvalue weighted by molar-refractivity contribution is 8.01. The van der Waals surface area contributed by atoms with E-state index in [9.17, 15) is 9.59 Å². The van der Waals surface area contributed by atoms with Gasteiger partial charge in [-0.15, -0.1) is 10.2 Å². The number of carbonyl (C=O) groups is 2. The zero-order valence-electron chi connectivity index (χ0n) is 14.0. The number of hydrogen-bond donors (Lipinski definition) is 2. The Labute approximate surface area is 148 Å². The first-order chi connectivity index (χ1) is 12.0. The van der Waals surface area contributed by atoms with Gasteiger partial charge in [-0.3, -0.25) is 4.79 Å². The van der Waals surface area contributed by atoms with Gasteiger partial charge in [0.15, 0.2) is 5.16 Å². The number of para-hydroxylation sites is 1. The average Bonchev–Trinajstić information content (AvgIpc) is 3.02. The predicted octanol–water partition coefficient (Wildman–Crippen LogP) is 1.65. The number of carbonyl (C=O) groups excluding carboxylic acids is 2. The summed E-state index contributed by atoms with van der Waals surface area (Å²) in [5, 5.41) is 14.1. The second kappa shape index (κ2) is 8.83. The molecule has 0 fully saturated rings. The van der Waals surface area contributed by atoms with Gasteiger partial charge >= 0.3 is 12.0 Å². The van der Waals surface area contributed by atoms with Gasteiger partial charge in [0.25, 0.3) is 0 Å². The Bertz CT molecular complexity index is 762. The highest BCUT2D eigenvalue weighted by Gasteiger charge is 2.26. The molecule has 0 saturated heterocycles. The Balaban J connectivity index is 2.03. The van der Waals surface area contributed by atoms with Crippen molar-refractivity contribution in [3.8, 4) is 0 Å². The van der Waals surface area contributed by atoms with Crippen LogP contribution in [0.15, 0.2) is 46.9 Å². The van der Waals surface area contributed by atoms with E-state index >= 15 is 0 Å². The third-order valence-corrected chi connectivity index (χ3v) is 4.40. The van der Waals surface area contributed by atoms with Gasteiger partial charge in [-0.25, -0.2) is 10.2 Å². The molecular formula is C15H18N6O3S. The van der Waals surface area contributed by atoms with Gasteiger partial charge in [-0.2, -0.15) is 5.10 Å². The number of methoxy groups -OCH3 is 1. The standard InChI is InChI=1S/C15H18N6O3S/c1-10(18-19-14(23)17-11-7-5-4-6-8-11)12(13(22)24-3)25-15-20-16-9-21(15)2/h4-9,12H,1-3H3,(H2,17,19,23)/b18-10+. The normalized spacial score (nSPS) is 12.4. The summed E-state index contributed by atoms with van der Waals surface area (Å²) in [6, 6.07) is 8.42. The summed E-state index contributed by atoms with van der Waals surface area (Å²) in [4.78, 5) is 23.9. The van der Waals surface area contributed by atoms with Crippen LogP contribution in [0.1, 0.15) is 6.92 Å². The summed E-state index contributed by atoms with van der Waals surface area (Å²) in [7, 11) is 3.05. The fraction of sp³-hybridized carbons (Fsp3) is 0.267. The van der Waals surface area contributed by atoms with Crippen LogP contribution < -0.4 is 10.7 Å². The van der Waals surface area contributed by atoms with Gasteiger partial charge in [0.2, 0.25) is 0 Å². The quantitative estimate of drug-likeness (QED) is 0.350. The minimum absolute atomic E-state index is 0.364. The molecule has 1 atom stereocenters. The summed E-state index contributed by atoms with van der Waals surface area (Å²) in [5.74, 6) is -0.500. The van der Waals surface area contributed by atoms with E-state index in [0.29, 0.717) is 16.6 Å². The molecule has 2 N–H and O–H groups in total. The molecule has 10 heteroatoms. The van der Waals surface area contributed by atoms with E-state index in [2.05, 4.69) is 26.0 Å². The number of amides is 2. The molecule has 132 valence electrons. The first-order valence-corrected chi connectivity index (χ1v) is 8.14. The summed E-state index contributed by atoms with van der Waals surface area (Å²) in [5.41, 5.74) is 3.35. The van der Waals surface area contributed by atoms with E-state index in [1.54, 1.807) is 42.8 Å². The Morgan fingerprint density at radius 3 is 2.64 bits per heavy atom. The van der Waals surface area contributed by atoms with Crippen molar-refractivity contribution in [3.05, 3.63) is 36.7 Å². The summed E-state index contributed by atoms with van der Waals surface area (Å²) in [6.07, 6.45) is 1.52. The topological polar surface area (TPSA) is 110 Å². The van der Waals surface area contributed by atoms with Crippen LogP contribution >= 0.6 is 11.8 Å². The average molecular weight is 362 g/mol. The lowest BCUT2D eigenvalue weighted by atomic mass is 10.3. The lowest BCUT2D eigenvalue weighted by Gasteiger charge is -2.13. The monoisotopic (exact) mass is 362 g/mol. The molecule has 0 radical (unpaired) electrons. The minimum atomic E-state index is -0.759. The molecule has 25 heavy (non-hydrogen) atoms. The summed E-state index contributed by atoms with van der Waals surface area (Å²) >= 11 is 1.13. The highest BCUT2D eigenvalue weighted by Crippen LogP contribution is 2.22. The minimum Gasteiger partial charge on any atom is -0.468 e. The maximum absolute atomic E-state index is 12.0. The molecule has 2 aromatic rings. The zero-order chi connectivity index (χ0) is 18.2. The number of hydrazone groups is 1. The van der Waals surface area contributed by atoms with Gasteiger partial charge < -0.3 is 14.6 Å². The van der Waals surface area contributed by atoms with Crippen molar-refractivity contribution in [2.75, 3.05) is 12.4 Å². The van der Waals surface area contributed by atoms with Crippen molar-refractivity contribution in [1.82, 2.24) is 20.2 Å². The lowest BCUT2D eigenvalue weighted by Crippen LogP contribution is -2.31. The second-order valence-corrected chi connectivity index (χ2v) is 6.00. The number of nitrogens with one attached hydrogen (secondary N) is 2. The Kier molecular flexibility index (Phi) is 6.52. The molecule has 2 amide bonds. The van der Waals surface area contributed by atoms with E-state index in [1.165, 1.54) is 13.4 Å². The number of urea groups is 1. The Morgan fingerprint density at radius 2 is 2.04 bits per heavy atom. The summed E-state index contributed by atoms with van der Waals surface area (Å²) in [6.45, 7) is 1.62. The van der Waals surface area contributed by atoms with Crippen molar-refractivity contribution in [2.45, 2.75) is 17.3 Å². The number of esters is 1. The molecule has 0 aliphatic heterocycles. The smallest absolute Gasteiger partial charge is 0.339 e. The molecule has 0 saturated carbocycles. The van der Waals surface area contributed by atoms with Crippen molar-refractivity contribution < 1.29 is 14.3 Å². The number of anilines is 1. The molecule has 0 aliphatic rings.